The summed E-state index contributed by atoms with van der Waals surface area (Å²) in [5.41, 5.74) is 0.522. The molecule has 0 amide bonds. The summed E-state index contributed by atoms with van der Waals surface area (Å²) in [6, 6.07) is 5.11. The van der Waals surface area contributed by atoms with Crippen LogP contribution >= 0.6 is 11.6 Å². The Morgan fingerprint density at radius 3 is 3.00 bits per heavy atom. The van der Waals surface area contributed by atoms with E-state index in [9.17, 15) is 4.79 Å². The number of halogens is 1. The van der Waals surface area contributed by atoms with Crippen molar-refractivity contribution in [2.45, 2.75) is 32.7 Å². The molecule has 4 nitrogen and oxygen atoms in total. The predicted molar refractivity (Wildman–Crippen MR) is 78.6 cm³/mol. The standard InChI is InChI=1S/C14H18ClN3O/c1-2-3-4-7-16-9-13-17-12-8-10(15)5-6-11(12)14(19)18-13/h5-6,8,16H,2-4,7,9H2,1H3,(H,17,18,19). The van der Waals surface area contributed by atoms with Gasteiger partial charge in [0, 0.05) is 5.02 Å². The van der Waals surface area contributed by atoms with Crippen LogP contribution in [0, 0.1) is 0 Å². The molecule has 0 spiro atoms. The Morgan fingerprint density at radius 2 is 2.21 bits per heavy atom. The number of aromatic nitrogens is 2. The van der Waals surface area contributed by atoms with Gasteiger partial charge in [0.1, 0.15) is 5.82 Å². The van der Waals surface area contributed by atoms with E-state index in [1.165, 1.54) is 12.8 Å². The summed E-state index contributed by atoms with van der Waals surface area (Å²) in [7, 11) is 0. The minimum absolute atomic E-state index is 0.118. The highest BCUT2D eigenvalue weighted by Gasteiger charge is 2.04. The normalized spacial score (nSPS) is 11.1. The lowest BCUT2D eigenvalue weighted by molar-refractivity contribution is 0.603. The highest BCUT2D eigenvalue weighted by Crippen LogP contribution is 2.14. The summed E-state index contributed by atoms with van der Waals surface area (Å²) in [4.78, 5) is 19.1. The maximum atomic E-state index is 11.9. The van der Waals surface area contributed by atoms with Crippen LogP contribution in [0.4, 0.5) is 0 Å². The number of fused-ring (bicyclic) bond motifs is 1. The fourth-order valence-electron chi connectivity index (χ4n) is 1.95. The van der Waals surface area contributed by atoms with Gasteiger partial charge in [-0.25, -0.2) is 4.98 Å². The molecule has 102 valence electrons. The molecule has 2 rings (SSSR count). The molecule has 2 N–H and O–H groups in total. The molecule has 0 fully saturated rings. The molecular weight excluding hydrogens is 262 g/mol. The van der Waals surface area contributed by atoms with Gasteiger partial charge in [0.05, 0.1) is 17.4 Å². The van der Waals surface area contributed by atoms with Crippen LogP contribution in [-0.2, 0) is 6.54 Å². The molecule has 0 aliphatic heterocycles. The number of hydrogen-bond donors (Lipinski definition) is 2. The second-order valence-electron chi connectivity index (χ2n) is 4.56. The molecule has 0 aliphatic rings. The summed E-state index contributed by atoms with van der Waals surface area (Å²) in [6.07, 6.45) is 3.55. The van der Waals surface area contributed by atoms with Crippen molar-refractivity contribution < 1.29 is 0 Å². The van der Waals surface area contributed by atoms with Crippen molar-refractivity contribution in [1.82, 2.24) is 15.3 Å². The van der Waals surface area contributed by atoms with E-state index >= 15 is 0 Å². The Morgan fingerprint density at radius 1 is 1.37 bits per heavy atom. The summed E-state index contributed by atoms with van der Waals surface area (Å²) in [5, 5.41) is 4.44. The number of hydrogen-bond acceptors (Lipinski definition) is 3. The number of rotatable bonds is 6. The molecule has 0 unspecified atom stereocenters. The van der Waals surface area contributed by atoms with Gasteiger partial charge in [-0.1, -0.05) is 31.4 Å². The number of H-pyrrole nitrogens is 1. The van der Waals surface area contributed by atoms with Gasteiger partial charge in [0.25, 0.3) is 5.56 Å². The second-order valence-corrected chi connectivity index (χ2v) is 4.99. The van der Waals surface area contributed by atoms with Crippen LogP contribution in [0.15, 0.2) is 23.0 Å². The highest BCUT2D eigenvalue weighted by molar-refractivity contribution is 6.31. The lowest BCUT2D eigenvalue weighted by atomic mass is 10.2. The number of nitrogens with one attached hydrogen (secondary N) is 2. The van der Waals surface area contributed by atoms with Crippen molar-refractivity contribution in [1.29, 1.82) is 0 Å². The maximum absolute atomic E-state index is 11.9. The lowest BCUT2D eigenvalue weighted by Crippen LogP contribution is -2.20. The van der Waals surface area contributed by atoms with Gasteiger partial charge in [-0.2, -0.15) is 0 Å². The zero-order valence-corrected chi connectivity index (χ0v) is 11.8. The number of aromatic amines is 1. The summed E-state index contributed by atoms with van der Waals surface area (Å²) in [5.74, 6) is 0.649. The highest BCUT2D eigenvalue weighted by atomic mass is 35.5. The molecule has 1 aromatic carbocycles. The van der Waals surface area contributed by atoms with Crippen LogP contribution in [-0.4, -0.2) is 16.5 Å². The van der Waals surface area contributed by atoms with Gasteiger partial charge in [-0.15, -0.1) is 0 Å². The van der Waals surface area contributed by atoms with Gasteiger partial charge in [-0.3, -0.25) is 4.79 Å². The molecule has 0 atom stereocenters. The third kappa shape index (κ3) is 3.78. The van der Waals surface area contributed by atoms with Crippen LogP contribution in [0.2, 0.25) is 5.02 Å². The SMILES string of the molecule is CCCCCNCc1nc2cc(Cl)ccc2c(=O)[nH]1. The Balaban J connectivity index is 2.09. The smallest absolute Gasteiger partial charge is 0.258 e. The van der Waals surface area contributed by atoms with Gasteiger partial charge < -0.3 is 10.3 Å². The maximum Gasteiger partial charge on any atom is 0.258 e. The predicted octanol–water partition coefficient (Wildman–Crippen LogP) is 2.86. The van der Waals surface area contributed by atoms with E-state index in [0.29, 0.717) is 28.3 Å². The molecule has 0 radical (unpaired) electrons. The van der Waals surface area contributed by atoms with Crippen LogP contribution in [0.1, 0.15) is 32.0 Å². The zero-order chi connectivity index (χ0) is 13.7. The van der Waals surface area contributed by atoms with Crippen molar-refractivity contribution in [2.75, 3.05) is 6.54 Å². The first-order chi connectivity index (χ1) is 9.20. The minimum Gasteiger partial charge on any atom is -0.310 e. The average molecular weight is 280 g/mol. The van der Waals surface area contributed by atoms with Crippen LogP contribution in [0.5, 0.6) is 0 Å². The topological polar surface area (TPSA) is 57.8 Å². The molecule has 1 aromatic heterocycles. The third-order valence-corrected chi connectivity index (χ3v) is 3.20. The molecule has 0 bridgehead atoms. The van der Waals surface area contributed by atoms with Gasteiger partial charge in [-0.05, 0) is 31.2 Å². The molecule has 5 heteroatoms. The lowest BCUT2D eigenvalue weighted by Gasteiger charge is -2.05. The fraction of sp³-hybridized carbons (Fsp3) is 0.429. The number of unbranched alkanes of at least 4 members (excludes halogenated alkanes) is 2. The average Bonchev–Trinajstić information content (AvgIpc) is 2.38. The van der Waals surface area contributed by atoms with Crippen molar-refractivity contribution >= 4 is 22.5 Å². The van der Waals surface area contributed by atoms with E-state index in [1.54, 1.807) is 18.2 Å². The monoisotopic (exact) mass is 279 g/mol. The van der Waals surface area contributed by atoms with Crippen molar-refractivity contribution in [3.63, 3.8) is 0 Å². The first kappa shape index (κ1) is 14.0. The molecule has 2 aromatic rings. The largest absolute Gasteiger partial charge is 0.310 e. The van der Waals surface area contributed by atoms with E-state index in [2.05, 4.69) is 22.2 Å². The molecule has 0 aliphatic carbocycles. The number of nitrogens with zero attached hydrogens (tertiary/aromatic N) is 1. The minimum atomic E-state index is -0.118. The van der Waals surface area contributed by atoms with E-state index in [0.717, 1.165) is 13.0 Å². The van der Waals surface area contributed by atoms with E-state index in [4.69, 9.17) is 11.6 Å². The fourth-order valence-corrected chi connectivity index (χ4v) is 2.12. The molecule has 0 saturated carbocycles. The van der Waals surface area contributed by atoms with Gasteiger partial charge in [0.2, 0.25) is 0 Å². The first-order valence-electron chi connectivity index (χ1n) is 6.60. The molecule has 19 heavy (non-hydrogen) atoms. The Hall–Kier alpha value is -1.39. The zero-order valence-electron chi connectivity index (χ0n) is 11.0. The Labute approximate surface area is 117 Å². The molecule has 1 heterocycles. The van der Waals surface area contributed by atoms with Crippen molar-refractivity contribution in [2.24, 2.45) is 0 Å². The van der Waals surface area contributed by atoms with Crippen molar-refractivity contribution in [3.8, 4) is 0 Å². The van der Waals surface area contributed by atoms with Gasteiger partial charge in [0.15, 0.2) is 0 Å². The summed E-state index contributed by atoms with van der Waals surface area (Å²) < 4.78 is 0. The Bertz CT molecular complexity index is 609. The van der Waals surface area contributed by atoms with Crippen LogP contribution < -0.4 is 10.9 Å². The van der Waals surface area contributed by atoms with Crippen LogP contribution in [0.25, 0.3) is 10.9 Å². The van der Waals surface area contributed by atoms with Crippen molar-refractivity contribution in [3.05, 3.63) is 39.4 Å². The third-order valence-electron chi connectivity index (χ3n) is 2.97. The second kappa shape index (κ2) is 6.68. The van der Waals surface area contributed by atoms with Gasteiger partial charge >= 0.3 is 0 Å². The quantitative estimate of drug-likeness (QED) is 0.800. The van der Waals surface area contributed by atoms with E-state index in [1.807, 2.05) is 0 Å². The molecular formula is C14H18ClN3O. The van der Waals surface area contributed by atoms with E-state index < -0.39 is 0 Å². The van der Waals surface area contributed by atoms with Crippen LogP contribution in [0.3, 0.4) is 0 Å². The summed E-state index contributed by atoms with van der Waals surface area (Å²) in [6.45, 7) is 3.68. The summed E-state index contributed by atoms with van der Waals surface area (Å²) >= 11 is 5.92. The number of benzene rings is 1. The van der Waals surface area contributed by atoms with E-state index in [-0.39, 0.29) is 5.56 Å². The molecule has 0 saturated heterocycles. The Kier molecular flexibility index (Phi) is 4.93. The first-order valence-corrected chi connectivity index (χ1v) is 6.97.